The predicted octanol–water partition coefficient (Wildman–Crippen LogP) is 2.45. The smallest absolute Gasteiger partial charge is 0.223 e. The maximum atomic E-state index is 11.7. The molecule has 1 saturated carbocycles. The van der Waals surface area contributed by atoms with Crippen molar-refractivity contribution >= 4 is 23.2 Å². The number of nitrogens with zero attached hydrogens (tertiary/aromatic N) is 2. The van der Waals surface area contributed by atoms with E-state index in [9.17, 15) is 4.79 Å². The molecule has 0 saturated heterocycles. The van der Waals surface area contributed by atoms with Gasteiger partial charge in [0.2, 0.25) is 5.91 Å². The fraction of sp³-hybridized carbons (Fsp3) is 0.429. The Morgan fingerprint density at radius 1 is 1.42 bits per heavy atom. The highest BCUT2D eigenvalue weighted by atomic mass is 35.5. The van der Waals surface area contributed by atoms with E-state index in [4.69, 9.17) is 11.6 Å². The van der Waals surface area contributed by atoms with Crippen LogP contribution in [0, 0.1) is 5.92 Å². The highest BCUT2D eigenvalue weighted by Gasteiger charge is 2.24. The number of halogens is 1. The molecule has 4 nitrogen and oxygen atoms in total. The van der Waals surface area contributed by atoms with Gasteiger partial charge in [-0.1, -0.05) is 18.0 Å². The van der Waals surface area contributed by atoms with Crippen LogP contribution in [0.4, 0.5) is 0 Å². The molecule has 0 radical (unpaired) electrons. The summed E-state index contributed by atoms with van der Waals surface area (Å²) in [6, 6.07) is 3.71. The lowest BCUT2D eigenvalue weighted by Crippen LogP contribution is -2.35. The second-order valence-corrected chi connectivity index (χ2v) is 5.45. The van der Waals surface area contributed by atoms with Crippen molar-refractivity contribution in [1.29, 1.82) is 0 Å². The minimum atomic E-state index is 0.193. The van der Waals surface area contributed by atoms with Crippen molar-refractivity contribution in [2.75, 3.05) is 6.54 Å². The van der Waals surface area contributed by atoms with Crippen LogP contribution in [-0.4, -0.2) is 21.8 Å². The van der Waals surface area contributed by atoms with Gasteiger partial charge in [0.05, 0.1) is 10.7 Å². The van der Waals surface area contributed by atoms with Gasteiger partial charge >= 0.3 is 0 Å². The molecule has 1 aliphatic carbocycles. The Kier molecular flexibility index (Phi) is 3.42. The molecule has 5 heteroatoms. The Labute approximate surface area is 116 Å². The molecule has 2 heterocycles. The summed E-state index contributed by atoms with van der Waals surface area (Å²) in [5.74, 6) is 0.443. The van der Waals surface area contributed by atoms with E-state index >= 15 is 0 Å². The first kappa shape index (κ1) is 12.5. The first-order valence-corrected chi connectivity index (χ1v) is 7.01. The molecule has 2 aromatic heterocycles. The van der Waals surface area contributed by atoms with Gasteiger partial charge in [0.25, 0.3) is 0 Å². The zero-order valence-electron chi connectivity index (χ0n) is 10.6. The van der Waals surface area contributed by atoms with E-state index in [0.29, 0.717) is 11.6 Å². The molecule has 3 rings (SSSR count). The van der Waals surface area contributed by atoms with Crippen LogP contribution in [0.2, 0.25) is 5.02 Å². The van der Waals surface area contributed by atoms with Gasteiger partial charge in [-0.3, -0.25) is 4.79 Å². The zero-order valence-corrected chi connectivity index (χ0v) is 11.4. The SMILES string of the molecule is O=C(NCCc1cn2cc(Cl)ccc2n1)C1CCC1. The van der Waals surface area contributed by atoms with Crippen LogP contribution in [0.3, 0.4) is 0 Å². The maximum absolute atomic E-state index is 11.7. The Morgan fingerprint density at radius 3 is 3.00 bits per heavy atom. The third-order valence-corrected chi connectivity index (χ3v) is 3.84. The minimum Gasteiger partial charge on any atom is -0.355 e. The number of carbonyl (C=O) groups is 1. The van der Waals surface area contributed by atoms with Gasteiger partial charge in [-0.25, -0.2) is 4.98 Å². The van der Waals surface area contributed by atoms with Crippen LogP contribution in [0.5, 0.6) is 0 Å². The molecule has 2 aromatic rings. The summed E-state index contributed by atoms with van der Waals surface area (Å²) >= 11 is 5.93. The first-order chi connectivity index (χ1) is 9.22. The van der Waals surface area contributed by atoms with Crippen molar-refractivity contribution in [3.63, 3.8) is 0 Å². The lowest BCUT2D eigenvalue weighted by molar-refractivity contribution is -0.127. The van der Waals surface area contributed by atoms with Crippen LogP contribution in [0.25, 0.3) is 5.65 Å². The van der Waals surface area contributed by atoms with Crippen LogP contribution < -0.4 is 5.32 Å². The number of aromatic nitrogens is 2. The van der Waals surface area contributed by atoms with Crippen molar-refractivity contribution in [3.05, 3.63) is 35.2 Å². The fourth-order valence-electron chi connectivity index (χ4n) is 2.27. The van der Waals surface area contributed by atoms with Gasteiger partial charge in [0.1, 0.15) is 5.65 Å². The zero-order chi connectivity index (χ0) is 13.2. The molecule has 1 amide bonds. The van der Waals surface area contributed by atoms with Crippen molar-refractivity contribution in [2.24, 2.45) is 5.92 Å². The topological polar surface area (TPSA) is 46.4 Å². The molecule has 0 unspecified atom stereocenters. The third kappa shape index (κ3) is 2.73. The van der Waals surface area contributed by atoms with Crippen LogP contribution in [-0.2, 0) is 11.2 Å². The Bertz CT molecular complexity index is 604. The van der Waals surface area contributed by atoms with E-state index in [1.807, 2.05) is 28.9 Å². The van der Waals surface area contributed by atoms with Gasteiger partial charge in [0.15, 0.2) is 0 Å². The summed E-state index contributed by atoms with van der Waals surface area (Å²) in [5, 5.41) is 3.66. The molecule has 19 heavy (non-hydrogen) atoms. The average molecular weight is 278 g/mol. The summed E-state index contributed by atoms with van der Waals surface area (Å²) in [6.45, 7) is 0.646. The maximum Gasteiger partial charge on any atom is 0.223 e. The molecule has 1 aliphatic rings. The van der Waals surface area contributed by atoms with Gasteiger partial charge in [-0.15, -0.1) is 0 Å². The second kappa shape index (κ2) is 5.21. The van der Waals surface area contributed by atoms with Crippen molar-refractivity contribution in [1.82, 2.24) is 14.7 Å². The van der Waals surface area contributed by atoms with Gasteiger partial charge < -0.3 is 9.72 Å². The molecule has 0 spiro atoms. The Hall–Kier alpha value is -1.55. The largest absolute Gasteiger partial charge is 0.355 e. The standard InChI is InChI=1S/C14H16ClN3O/c15-11-4-5-13-17-12(9-18(13)8-11)6-7-16-14(19)10-2-1-3-10/h4-5,8-10H,1-3,6-7H2,(H,16,19). The average Bonchev–Trinajstić information content (AvgIpc) is 2.68. The number of imidazole rings is 1. The predicted molar refractivity (Wildman–Crippen MR) is 74.3 cm³/mol. The molecule has 0 aliphatic heterocycles. The number of nitrogens with one attached hydrogen (secondary N) is 1. The van der Waals surface area contributed by atoms with Crippen LogP contribution >= 0.6 is 11.6 Å². The molecule has 0 atom stereocenters. The summed E-state index contributed by atoms with van der Waals surface area (Å²) in [6.07, 6.45) is 7.80. The lowest BCUT2D eigenvalue weighted by Gasteiger charge is -2.23. The molecule has 0 bridgehead atoms. The number of carbonyl (C=O) groups excluding carboxylic acids is 1. The van der Waals surface area contributed by atoms with Crippen molar-refractivity contribution in [2.45, 2.75) is 25.7 Å². The molecular weight excluding hydrogens is 262 g/mol. The Balaban J connectivity index is 1.57. The summed E-state index contributed by atoms with van der Waals surface area (Å²) < 4.78 is 1.91. The molecule has 0 aromatic carbocycles. The molecule has 1 fully saturated rings. The van der Waals surface area contributed by atoms with E-state index in [2.05, 4.69) is 10.3 Å². The number of hydrogen-bond acceptors (Lipinski definition) is 2. The highest BCUT2D eigenvalue weighted by molar-refractivity contribution is 6.30. The van der Waals surface area contributed by atoms with Gasteiger partial charge in [-0.05, 0) is 25.0 Å². The minimum absolute atomic E-state index is 0.193. The van der Waals surface area contributed by atoms with Gasteiger partial charge in [-0.2, -0.15) is 0 Å². The van der Waals surface area contributed by atoms with E-state index in [-0.39, 0.29) is 11.8 Å². The normalized spacial score (nSPS) is 15.4. The monoisotopic (exact) mass is 277 g/mol. The van der Waals surface area contributed by atoms with E-state index in [1.54, 1.807) is 0 Å². The second-order valence-electron chi connectivity index (χ2n) is 5.01. The number of pyridine rings is 1. The molecule has 100 valence electrons. The lowest BCUT2D eigenvalue weighted by atomic mass is 9.85. The highest BCUT2D eigenvalue weighted by Crippen LogP contribution is 2.26. The van der Waals surface area contributed by atoms with Crippen LogP contribution in [0.15, 0.2) is 24.5 Å². The van der Waals surface area contributed by atoms with Crippen molar-refractivity contribution in [3.8, 4) is 0 Å². The molecular formula is C14H16ClN3O. The summed E-state index contributed by atoms with van der Waals surface area (Å²) in [4.78, 5) is 16.2. The van der Waals surface area contributed by atoms with Crippen LogP contribution in [0.1, 0.15) is 25.0 Å². The number of fused-ring (bicyclic) bond motifs is 1. The number of rotatable bonds is 4. The summed E-state index contributed by atoms with van der Waals surface area (Å²) in [5.41, 5.74) is 1.85. The third-order valence-electron chi connectivity index (χ3n) is 3.62. The quantitative estimate of drug-likeness (QED) is 0.933. The number of hydrogen-bond donors (Lipinski definition) is 1. The Morgan fingerprint density at radius 2 is 2.26 bits per heavy atom. The van der Waals surface area contributed by atoms with Crippen molar-refractivity contribution < 1.29 is 4.79 Å². The van der Waals surface area contributed by atoms with E-state index in [0.717, 1.165) is 30.6 Å². The summed E-state index contributed by atoms with van der Waals surface area (Å²) in [7, 11) is 0. The van der Waals surface area contributed by atoms with E-state index < -0.39 is 0 Å². The first-order valence-electron chi connectivity index (χ1n) is 6.63. The molecule has 1 N–H and O–H groups in total. The fourth-order valence-corrected chi connectivity index (χ4v) is 2.43. The number of amides is 1. The van der Waals surface area contributed by atoms with E-state index in [1.165, 1.54) is 6.42 Å². The van der Waals surface area contributed by atoms with Gasteiger partial charge in [0, 0.05) is 31.3 Å².